The Labute approximate surface area is 128 Å². The van der Waals surface area contributed by atoms with Crippen LogP contribution in [0.5, 0.6) is 5.75 Å². The molecule has 0 aliphatic rings. The first-order valence-corrected chi connectivity index (χ1v) is 7.36. The standard InChI is InChI=1S/C16H16ClN3O/c1-2-21-14-7-6-13(10-12(14)11-17)19-16-5-3-4-15-18-8-9-20(15)16/h3-10,19H,2,11H2,1H3. The number of aromatic nitrogens is 2. The third-order valence-corrected chi connectivity index (χ3v) is 3.49. The quantitative estimate of drug-likeness (QED) is 0.717. The Morgan fingerprint density at radius 2 is 2.19 bits per heavy atom. The SMILES string of the molecule is CCOc1ccc(Nc2cccc3nccn23)cc1CCl. The Balaban J connectivity index is 1.92. The van der Waals surface area contributed by atoms with Crippen molar-refractivity contribution >= 4 is 28.8 Å². The topological polar surface area (TPSA) is 38.6 Å². The van der Waals surface area contributed by atoms with Crippen molar-refractivity contribution in [3.63, 3.8) is 0 Å². The van der Waals surface area contributed by atoms with E-state index in [-0.39, 0.29) is 0 Å². The maximum Gasteiger partial charge on any atom is 0.138 e. The first-order valence-electron chi connectivity index (χ1n) is 6.82. The van der Waals surface area contributed by atoms with Gasteiger partial charge in [-0.25, -0.2) is 4.98 Å². The summed E-state index contributed by atoms with van der Waals surface area (Å²) in [6.45, 7) is 2.59. The van der Waals surface area contributed by atoms with E-state index < -0.39 is 0 Å². The smallest absolute Gasteiger partial charge is 0.138 e. The number of anilines is 2. The van der Waals surface area contributed by atoms with Gasteiger partial charge in [0.05, 0.1) is 12.5 Å². The summed E-state index contributed by atoms with van der Waals surface area (Å²) >= 11 is 6.00. The molecule has 0 unspecified atom stereocenters. The number of halogens is 1. The summed E-state index contributed by atoms with van der Waals surface area (Å²) in [4.78, 5) is 4.28. The highest BCUT2D eigenvalue weighted by Gasteiger charge is 2.06. The summed E-state index contributed by atoms with van der Waals surface area (Å²) in [5.74, 6) is 2.20. The number of hydrogen-bond donors (Lipinski definition) is 1. The van der Waals surface area contributed by atoms with Crippen molar-refractivity contribution in [2.45, 2.75) is 12.8 Å². The molecule has 0 aliphatic heterocycles. The van der Waals surface area contributed by atoms with Crippen LogP contribution in [0.4, 0.5) is 11.5 Å². The molecule has 3 rings (SSSR count). The van der Waals surface area contributed by atoms with Gasteiger partial charge in [0.25, 0.3) is 0 Å². The minimum atomic E-state index is 0.417. The Kier molecular flexibility index (Phi) is 3.97. The molecule has 0 aliphatic carbocycles. The zero-order valence-corrected chi connectivity index (χ0v) is 12.5. The van der Waals surface area contributed by atoms with Gasteiger partial charge in [-0.3, -0.25) is 4.40 Å². The van der Waals surface area contributed by atoms with Gasteiger partial charge in [-0.1, -0.05) is 6.07 Å². The molecule has 5 heteroatoms. The number of pyridine rings is 1. The van der Waals surface area contributed by atoms with Gasteiger partial charge >= 0.3 is 0 Å². The predicted molar refractivity (Wildman–Crippen MR) is 85.6 cm³/mol. The minimum Gasteiger partial charge on any atom is -0.494 e. The second kappa shape index (κ2) is 6.06. The normalized spacial score (nSPS) is 10.8. The lowest BCUT2D eigenvalue weighted by Gasteiger charge is -2.13. The van der Waals surface area contributed by atoms with Gasteiger partial charge in [-0.2, -0.15) is 0 Å². The van der Waals surface area contributed by atoms with Gasteiger partial charge in [-0.05, 0) is 37.3 Å². The average molecular weight is 302 g/mol. The number of nitrogens with zero attached hydrogens (tertiary/aromatic N) is 2. The molecule has 1 aromatic carbocycles. The average Bonchev–Trinajstić information content (AvgIpc) is 2.98. The first-order chi connectivity index (χ1) is 10.3. The highest BCUT2D eigenvalue weighted by atomic mass is 35.5. The van der Waals surface area contributed by atoms with Gasteiger partial charge < -0.3 is 10.1 Å². The van der Waals surface area contributed by atoms with Crippen LogP contribution in [-0.4, -0.2) is 16.0 Å². The molecule has 2 heterocycles. The number of alkyl halides is 1. The second-order valence-electron chi connectivity index (χ2n) is 4.58. The Hall–Kier alpha value is -2.20. The van der Waals surface area contributed by atoms with E-state index in [1.54, 1.807) is 6.20 Å². The molecule has 0 saturated heterocycles. The Morgan fingerprint density at radius 3 is 3.00 bits per heavy atom. The number of rotatable bonds is 5. The van der Waals surface area contributed by atoms with Crippen LogP contribution in [0.25, 0.3) is 5.65 Å². The van der Waals surface area contributed by atoms with Gasteiger partial charge in [0.2, 0.25) is 0 Å². The Morgan fingerprint density at radius 1 is 1.29 bits per heavy atom. The predicted octanol–water partition coefficient (Wildman–Crippen LogP) is 4.22. The molecule has 0 saturated carbocycles. The van der Waals surface area contributed by atoms with E-state index in [4.69, 9.17) is 16.3 Å². The zero-order valence-electron chi connectivity index (χ0n) is 11.7. The summed E-state index contributed by atoms with van der Waals surface area (Å²) < 4.78 is 7.56. The zero-order chi connectivity index (χ0) is 14.7. The molecule has 0 amide bonds. The maximum absolute atomic E-state index is 6.00. The number of imidazole rings is 1. The number of fused-ring (bicyclic) bond motifs is 1. The summed E-state index contributed by atoms with van der Waals surface area (Å²) in [5.41, 5.74) is 2.85. The van der Waals surface area contributed by atoms with Crippen molar-refractivity contribution in [2.24, 2.45) is 0 Å². The third-order valence-electron chi connectivity index (χ3n) is 3.20. The molecule has 3 aromatic rings. The van der Waals surface area contributed by atoms with E-state index in [2.05, 4.69) is 10.3 Å². The van der Waals surface area contributed by atoms with Crippen LogP contribution in [0.15, 0.2) is 48.8 Å². The lowest BCUT2D eigenvalue weighted by molar-refractivity contribution is 0.337. The lowest BCUT2D eigenvalue weighted by Crippen LogP contribution is -2.00. The lowest BCUT2D eigenvalue weighted by atomic mass is 10.2. The summed E-state index contributed by atoms with van der Waals surface area (Å²) in [6.07, 6.45) is 3.71. The van der Waals surface area contributed by atoms with Crippen LogP contribution in [0, 0.1) is 0 Å². The van der Waals surface area contributed by atoms with E-state index in [1.807, 2.05) is 53.9 Å². The van der Waals surface area contributed by atoms with Crippen LogP contribution in [0.2, 0.25) is 0 Å². The summed E-state index contributed by atoms with van der Waals surface area (Å²) in [5, 5.41) is 3.39. The first kappa shape index (κ1) is 13.8. The summed E-state index contributed by atoms with van der Waals surface area (Å²) in [6, 6.07) is 11.9. The molecule has 21 heavy (non-hydrogen) atoms. The maximum atomic E-state index is 6.00. The largest absolute Gasteiger partial charge is 0.494 e. The van der Waals surface area contributed by atoms with Crippen molar-refractivity contribution in [1.82, 2.24) is 9.38 Å². The minimum absolute atomic E-state index is 0.417. The molecular weight excluding hydrogens is 286 g/mol. The number of nitrogens with one attached hydrogen (secondary N) is 1. The van der Waals surface area contributed by atoms with Crippen LogP contribution < -0.4 is 10.1 Å². The molecule has 4 nitrogen and oxygen atoms in total. The van der Waals surface area contributed by atoms with Gasteiger partial charge in [0, 0.05) is 23.6 Å². The van der Waals surface area contributed by atoms with Crippen LogP contribution in [0.1, 0.15) is 12.5 Å². The monoisotopic (exact) mass is 301 g/mol. The van der Waals surface area contributed by atoms with E-state index in [9.17, 15) is 0 Å². The number of benzene rings is 1. The molecule has 0 radical (unpaired) electrons. The van der Waals surface area contributed by atoms with Crippen molar-refractivity contribution in [1.29, 1.82) is 0 Å². The fraction of sp³-hybridized carbons (Fsp3) is 0.188. The summed E-state index contributed by atoms with van der Waals surface area (Å²) in [7, 11) is 0. The Bertz CT molecular complexity index is 754. The molecule has 1 N–H and O–H groups in total. The fourth-order valence-electron chi connectivity index (χ4n) is 2.26. The van der Waals surface area contributed by atoms with E-state index in [0.717, 1.165) is 28.5 Å². The van der Waals surface area contributed by atoms with Crippen LogP contribution >= 0.6 is 11.6 Å². The van der Waals surface area contributed by atoms with Crippen molar-refractivity contribution < 1.29 is 4.74 Å². The molecule has 2 aromatic heterocycles. The third kappa shape index (κ3) is 2.81. The van der Waals surface area contributed by atoms with E-state index in [0.29, 0.717) is 12.5 Å². The van der Waals surface area contributed by atoms with Crippen molar-refractivity contribution in [3.8, 4) is 5.75 Å². The molecule has 0 spiro atoms. The molecule has 0 atom stereocenters. The van der Waals surface area contributed by atoms with Gasteiger partial charge in [0.15, 0.2) is 0 Å². The molecule has 0 bridgehead atoms. The van der Waals surface area contributed by atoms with Crippen molar-refractivity contribution in [2.75, 3.05) is 11.9 Å². The van der Waals surface area contributed by atoms with E-state index >= 15 is 0 Å². The fourth-order valence-corrected chi connectivity index (χ4v) is 2.46. The molecule has 108 valence electrons. The van der Waals surface area contributed by atoms with E-state index in [1.165, 1.54) is 0 Å². The number of hydrogen-bond acceptors (Lipinski definition) is 3. The van der Waals surface area contributed by atoms with Crippen LogP contribution in [-0.2, 0) is 5.88 Å². The molecule has 0 fully saturated rings. The molecular formula is C16H16ClN3O. The van der Waals surface area contributed by atoms with Gasteiger partial charge in [0.1, 0.15) is 17.2 Å². The van der Waals surface area contributed by atoms with Crippen LogP contribution in [0.3, 0.4) is 0 Å². The van der Waals surface area contributed by atoms with Crippen molar-refractivity contribution in [3.05, 3.63) is 54.4 Å². The highest BCUT2D eigenvalue weighted by Crippen LogP contribution is 2.26. The van der Waals surface area contributed by atoms with Gasteiger partial charge in [-0.15, -0.1) is 11.6 Å². The number of ether oxygens (including phenoxy) is 1. The second-order valence-corrected chi connectivity index (χ2v) is 4.85. The highest BCUT2D eigenvalue weighted by molar-refractivity contribution is 6.17.